The highest BCUT2D eigenvalue weighted by molar-refractivity contribution is 5.94. The van der Waals surface area contributed by atoms with Crippen LogP contribution in [0, 0.1) is 0 Å². The Morgan fingerprint density at radius 3 is 2.61 bits per heavy atom. The minimum absolute atomic E-state index is 0. The molecule has 3 N–H and O–H groups in total. The highest BCUT2D eigenvalue weighted by Crippen LogP contribution is 2.30. The fraction of sp³-hybridized carbons (Fsp3) is 0.120. The van der Waals surface area contributed by atoms with Crippen molar-refractivity contribution in [2.75, 3.05) is 0 Å². The Morgan fingerprint density at radius 2 is 1.81 bits per heavy atom. The van der Waals surface area contributed by atoms with Crippen LogP contribution in [0.2, 0.25) is 0 Å². The second-order valence-electron chi connectivity index (χ2n) is 7.09. The number of aromatic nitrogens is 1. The molecule has 5 nitrogen and oxygen atoms in total. The molecule has 6 heteroatoms. The van der Waals surface area contributed by atoms with Crippen LogP contribution >= 0.6 is 12.4 Å². The minimum Gasteiger partial charge on any atom is -0.489 e. The van der Waals surface area contributed by atoms with Gasteiger partial charge in [0, 0.05) is 29.3 Å². The van der Waals surface area contributed by atoms with Gasteiger partial charge in [0.05, 0.1) is 11.9 Å². The van der Waals surface area contributed by atoms with Crippen molar-refractivity contribution in [2.45, 2.75) is 19.6 Å². The number of fused-ring (bicyclic) bond motifs is 1. The first-order valence-electron chi connectivity index (χ1n) is 9.73. The Balaban J connectivity index is 0.00000272. The lowest BCUT2D eigenvalue weighted by Gasteiger charge is -2.13. The molecule has 0 unspecified atom stereocenters. The number of benzene rings is 3. The number of halogens is 1. The third-order valence-corrected chi connectivity index (χ3v) is 4.95. The van der Waals surface area contributed by atoms with E-state index in [0.29, 0.717) is 24.5 Å². The van der Waals surface area contributed by atoms with Gasteiger partial charge in [0.2, 0.25) is 0 Å². The second kappa shape index (κ2) is 10.1. The molecule has 31 heavy (non-hydrogen) atoms. The number of carbonyl (C=O) groups is 1. The van der Waals surface area contributed by atoms with Crippen molar-refractivity contribution in [2.24, 2.45) is 5.73 Å². The largest absolute Gasteiger partial charge is 0.489 e. The van der Waals surface area contributed by atoms with Gasteiger partial charge in [-0.15, -0.1) is 12.4 Å². The molecule has 0 amide bonds. The first kappa shape index (κ1) is 22.3. The first-order valence-corrected chi connectivity index (χ1v) is 9.73. The molecular formula is C25H23ClN2O3. The van der Waals surface area contributed by atoms with E-state index < -0.39 is 5.97 Å². The molecule has 0 atom stereocenters. The van der Waals surface area contributed by atoms with Crippen LogP contribution < -0.4 is 10.5 Å². The van der Waals surface area contributed by atoms with Gasteiger partial charge < -0.3 is 15.6 Å². The number of ether oxygens (including phenoxy) is 1. The van der Waals surface area contributed by atoms with Crippen LogP contribution in [0.15, 0.2) is 79.0 Å². The summed E-state index contributed by atoms with van der Waals surface area (Å²) in [5.74, 6) is -0.303. The number of rotatable bonds is 7. The standard InChI is InChI=1S/C25H22N2O3.ClH/c26-15-17-5-3-7-19(11-17)22-13-18(12-21-8-4-10-27-25(21)22)16-30-23-9-2-1-6-20(23)14-24(28)29;/h1-13H,14-16,26H2,(H,28,29);1H. The van der Waals surface area contributed by atoms with E-state index in [1.165, 1.54) is 0 Å². The maximum absolute atomic E-state index is 11.1. The van der Waals surface area contributed by atoms with E-state index >= 15 is 0 Å². The summed E-state index contributed by atoms with van der Waals surface area (Å²) in [4.78, 5) is 15.7. The molecule has 1 aromatic heterocycles. The maximum atomic E-state index is 11.1. The normalized spacial score (nSPS) is 10.5. The molecule has 0 aliphatic heterocycles. The highest BCUT2D eigenvalue weighted by Gasteiger charge is 2.11. The van der Waals surface area contributed by atoms with Gasteiger partial charge in [-0.05, 0) is 47.0 Å². The molecule has 0 saturated heterocycles. The zero-order valence-corrected chi connectivity index (χ0v) is 17.6. The summed E-state index contributed by atoms with van der Waals surface area (Å²) in [6, 6.07) is 23.4. The Morgan fingerprint density at radius 1 is 0.968 bits per heavy atom. The third kappa shape index (κ3) is 5.20. The molecule has 1 heterocycles. The van der Waals surface area contributed by atoms with Crippen LogP contribution in [0.1, 0.15) is 16.7 Å². The molecule has 0 bridgehead atoms. The van der Waals surface area contributed by atoms with Crippen molar-refractivity contribution in [3.05, 3.63) is 95.7 Å². The number of nitrogens with zero attached hydrogens (tertiary/aromatic N) is 1. The van der Waals surface area contributed by atoms with Gasteiger partial charge in [0.1, 0.15) is 12.4 Å². The number of carboxylic acids is 1. The van der Waals surface area contributed by atoms with Crippen molar-refractivity contribution in [1.29, 1.82) is 0 Å². The number of nitrogens with two attached hydrogens (primary N) is 1. The molecule has 0 aliphatic carbocycles. The summed E-state index contributed by atoms with van der Waals surface area (Å²) in [6.45, 7) is 0.799. The summed E-state index contributed by atoms with van der Waals surface area (Å²) in [5, 5.41) is 10.1. The van der Waals surface area contributed by atoms with Crippen molar-refractivity contribution >= 4 is 29.3 Å². The number of carboxylic acid groups (broad SMARTS) is 1. The minimum atomic E-state index is -0.884. The van der Waals surface area contributed by atoms with Crippen LogP contribution in [-0.4, -0.2) is 16.1 Å². The average molecular weight is 435 g/mol. The zero-order chi connectivity index (χ0) is 20.9. The van der Waals surface area contributed by atoms with Gasteiger partial charge in [-0.1, -0.05) is 42.5 Å². The lowest BCUT2D eigenvalue weighted by atomic mass is 9.97. The van der Waals surface area contributed by atoms with Crippen LogP contribution in [0.3, 0.4) is 0 Å². The van der Waals surface area contributed by atoms with Gasteiger partial charge in [0.25, 0.3) is 0 Å². The number of hydrogen-bond acceptors (Lipinski definition) is 4. The van der Waals surface area contributed by atoms with Gasteiger partial charge >= 0.3 is 5.97 Å². The molecule has 158 valence electrons. The van der Waals surface area contributed by atoms with E-state index in [1.54, 1.807) is 18.3 Å². The lowest BCUT2D eigenvalue weighted by molar-refractivity contribution is -0.136. The van der Waals surface area contributed by atoms with E-state index in [-0.39, 0.29) is 18.8 Å². The molecule has 0 spiro atoms. The topological polar surface area (TPSA) is 85.4 Å². The van der Waals surface area contributed by atoms with Crippen LogP contribution in [0.25, 0.3) is 22.0 Å². The van der Waals surface area contributed by atoms with Gasteiger partial charge in [-0.3, -0.25) is 9.78 Å². The number of aliphatic carboxylic acids is 1. The second-order valence-corrected chi connectivity index (χ2v) is 7.09. The van der Waals surface area contributed by atoms with Crippen LogP contribution in [0.5, 0.6) is 5.75 Å². The average Bonchev–Trinajstić information content (AvgIpc) is 2.77. The summed E-state index contributed by atoms with van der Waals surface area (Å²) in [6.07, 6.45) is 1.71. The maximum Gasteiger partial charge on any atom is 0.307 e. The van der Waals surface area contributed by atoms with E-state index in [2.05, 4.69) is 29.2 Å². The lowest BCUT2D eigenvalue weighted by Crippen LogP contribution is -2.04. The summed E-state index contributed by atoms with van der Waals surface area (Å²) >= 11 is 0. The molecule has 4 aromatic rings. The Labute approximate surface area is 186 Å². The molecule has 0 radical (unpaired) electrons. The zero-order valence-electron chi connectivity index (χ0n) is 16.8. The van der Waals surface area contributed by atoms with Crippen molar-refractivity contribution < 1.29 is 14.6 Å². The molecule has 0 aliphatic rings. The van der Waals surface area contributed by atoms with E-state index in [4.69, 9.17) is 15.6 Å². The van der Waals surface area contributed by atoms with Crippen molar-refractivity contribution in [3.63, 3.8) is 0 Å². The van der Waals surface area contributed by atoms with E-state index in [9.17, 15) is 4.79 Å². The third-order valence-electron chi connectivity index (χ3n) is 4.95. The first-order chi connectivity index (χ1) is 14.6. The highest BCUT2D eigenvalue weighted by atomic mass is 35.5. The number of para-hydroxylation sites is 1. The molecule has 3 aromatic carbocycles. The van der Waals surface area contributed by atoms with Crippen LogP contribution in [0.4, 0.5) is 0 Å². The molecule has 0 saturated carbocycles. The monoisotopic (exact) mass is 434 g/mol. The van der Waals surface area contributed by atoms with Gasteiger partial charge in [-0.25, -0.2) is 0 Å². The van der Waals surface area contributed by atoms with E-state index in [0.717, 1.165) is 33.2 Å². The Bertz CT molecular complexity index is 1210. The molecular weight excluding hydrogens is 412 g/mol. The number of pyridine rings is 1. The number of hydrogen-bond donors (Lipinski definition) is 2. The summed E-state index contributed by atoms with van der Waals surface area (Å²) in [5.41, 5.74) is 11.5. The predicted molar refractivity (Wildman–Crippen MR) is 124 cm³/mol. The van der Waals surface area contributed by atoms with Gasteiger partial charge in [-0.2, -0.15) is 0 Å². The van der Waals surface area contributed by atoms with E-state index in [1.807, 2.05) is 36.4 Å². The fourth-order valence-electron chi connectivity index (χ4n) is 3.54. The van der Waals surface area contributed by atoms with Crippen LogP contribution in [-0.2, 0) is 24.4 Å². The summed E-state index contributed by atoms with van der Waals surface area (Å²) < 4.78 is 6.01. The van der Waals surface area contributed by atoms with Gasteiger partial charge in [0.15, 0.2) is 0 Å². The van der Waals surface area contributed by atoms with Crippen molar-refractivity contribution in [3.8, 4) is 16.9 Å². The predicted octanol–water partition coefficient (Wildman–Crippen LogP) is 4.99. The molecule has 0 fully saturated rings. The smallest absolute Gasteiger partial charge is 0.307 e. The Kier molecular flexibility index (Phi) is 7.23. The van der Waals surface area contributed by atoms with Crippen molar-refractivity contribution in [1.82, 2.24) is 4.98 Å². The summed E-state index contributed by atoms with van der Waals surface area (Å²) in [7, 11) is 0. The fourth-order valence-corrected chi connectivity index (χ4v) is 3.54. The molecule has 4 rings (SSSR count). The quantitative estimate of drug-likeness (QED) is 0.428. The SMILES string of the molecule is Cl.NCc1cccc(-c2cc(COc3ccccc3CC(=O)O)cc3cccnc23)c1. The Hall–Kier alpha value is -3.41.